The van der Waals surface area contributed by atoms with Crippen molar-refractivity contribution in [1.82, 2.24) is 19.4 Å². The Labute approximate surface area is 242 Å². The van der Waals surface area contributed by atoms with E-state index in [0.29, 0.717) is 56.2 Å². The average Bonchev–Trinajstić information content (AvgIpc) is 3.27. The van der Waals surface area contributed by atoms with E-state index < -0.39 is 35.6 Å². The molecule has 1 saturated heterocycles. The Morgan fingerprint density at radius 3 is 2.64 bits per heavy atom. The zero-order valence-corrected chi connectivity index (χ0v) is 22.8. The summed E-state index contributed by atoms with van der Waals surface area (Å²) in [5.74, 6) is -3.44. The van der Waals surface area contributed by atoms with E-state index in [1.54, 1.807) is 16.7 Å². The monoisotopic (exact) mass is 597 g/mol. The third-order valence-electron chi connectivity index (χ3n) is 7.51. The van der Waals surface area contributed by atoms with Crippen molar-refractivity contribution in [2.24, 2.45) is 0 Å². The molecule has 216 valence electrons. The van der Waals surface area contributed by atoms with Crippen molar-refractivity contribution in [2.75, 3.05) is 13.2 Å². The van der Waals surface area contributed by atoms with E-state index in [0.717, 1.165) is 24.1 Å². The number of benzene rings is 2. The molecule has 0 amide bonds. The summed E-state index contributed by atoms with van der Waals surface area (Å²) in [7, 11) is 0. The van der Waals surface area contributed by atoms with Crippen LogP contribution in [-0.2, 0) is 37.4 Å². The van der Waals surface area contributed by atoms with Crippen LogP contribution in [0.25, 0.3) is 11.0 Å². The van der Waals surface area contributed by atoms with Crippen molar-refractivity contribution in [3.05, 3.63) is 86.6 Å². The second-order valence-corrected chi connectivity index (χ2v) is 10.6. The van der Waals surface area contributed by atoms with Crippen LogP contribution in [0.4, 0.5) is 13.2 Å². The van der Waals surface area contributed by atoms with Gasteiger partial charge in [-0.1, -0.05) is 11.6 Å². The molecule has 1 atom stereocenters. The summed E-state index contributed by atoms with van der Waals surface area (Å²) in [6.07, 6.45) is 1.29. The number of pyridine rings is 1. The Bertz CT molecular complexity index is 1750. The summed E-state index contributed by atoms with van der Waals surface area (Å²) in [6, 6.07) is 7.99. The fourth-order valence-corrected chi connectivity index (χ4v) is 5.42. The summed E-state index contributed by atoms with van der Waals surface area (Å²) in [4.78, 5) is 22.8. The lowest BCUT2D eigenvalue weighted by Crippen LogP contribution is -2.34. The van der Waals surface area contributed by atoms with Crippen molar-refractivity contribution in [1.29, 1.82) is 5.26 Å². The van der Waals surface area contributed by atoms with Gasteiger partial charge in [0.25, 0.3) is 0 Å². The van der Waals surface area contributed by atoms with Gasteiger partial charge in [0, 0.05) is 19.7 Å². The van der Waals surface area contributed by atoms with Crippen molar-refractivity contribution in [2.45, 2.75) is 45.2 Å². The van der Waals surface area contributed by atoms with Gasteiger partial charge in [0.1, 0.15) is 34.6 Å². The van der Waals surface area contributed by atoms with Gasteiger partial charge in [-0.2, -0.15) is 5.26 Å². The Balaban J connectivity index is 1.24. The Morgan fingerprint density at radius 1 is 1.21 bits per heavy atom. The SMILES string of the molecule is N#Cc1cc(F)c(COc2nc3c(cc2Cl)CCN(Cc2nc4ccc(C(=O)O)c(F)c4n2C[C@@H]2CCO2)C3)c(F)c1. The zero-order chi connectivity index (χ0) is 29.5. The summed E-state index contributed by atoms with van der Waals surface area (Å²) >= 11 is 6.37. The smallest absolute Gasteiger partial charge is 0.338 e. The van der Waals surface area contributed by atoms with Gasteiger partial charge in [-0.15, -0.1) is 0 Å². The number of nitriles is 1. The first-order chi connectivity index (χ1) is 20.2. The van der Waals surface area contributed by atoms with Crippen LogP contribution in [0.5, 0.6) is 5.88 Å². The summed E-state index contributed by atoms with van der Waals surface area (Å²) < 4.78 is 56.8. The van der Waals surface area contributed by atoms with Crippen LogP contribution in [0, 0.1) is 28.8 Å². The van der Waals surface area contributed by atoms with E-state index >= 15 is 4.39 Å². The van der Waals surface area contributed by atoms with Gasteiger partial charge in [0.2, 0.25) is 5.88 Å². The van der Waals surface area contributed by atoms with Crippen LogP contribution >= 0.6 is 11.6 Å². The average molecular weight is 598 g/mol. The summed E-state index contributed by atoms with van der Waals surface area (Å²) in [5.41, 5.74) is 1.12. The third-order valence-corrected chi connectivity index (χ3v) is 7.78. The molecule has 42 heavy (non-hydrogen) atoms. The molecule has 2 aromatic heterocycles. The van der Waals surface area contributed by atoms with Crippen LogP contribution in [0.2, 0.25) is 5.02 Å². The van der Waals surface area contributed by atoms with E-state index in [2.05, 4.69) is 14.9 Å². The lowest BCUT2D eigenvalue weighted by Gasteiger charge is -2.30. The normalized spacial score (nSPS) is 16.6. The van der Waals surface area contributed by atoms with Crippen molar-refractivity contribution >= 4 is 28.6 Å². The van der Waals surface area contributed by atoms with Crippen molar-refractivity contribution in [3.8, 4) is 11.9 Å². The number of carboxylic acid groups (broad SMARTS) is 1. The Hall–Kier alpha value is -4.18. The van der Waals surface area contributed by atoms with E-state index in [-0.39, 0.29) is 33.7 Å². The number of nitrogens with zero attached hydrogens (tertiary/aromatic N) is 5. The molecular weight excluding hydrogens is 575 g/mol. The lowest BCUT2D eigenvalue weighted by atomic mass is 10.1. The number of hydrogen-bond acceptors (Lipinski definition) is 7. The van der Waals surface area contributed by atoms with E-state index in [9.17, 15) is 18.7 Å². The number of imidazole rings is 1. The van der Waals surface area contributed by atoms with Crippen LogP contribution in [0.15, 0.2) is 30.3 Å². The molecule has 0 spiro atoms. The maximum Gasteiger partial charge on any atom is 0.338 e. The molecule has 6 rings (SSSR count). The number of ether oxygens (including phenoxy) is 2. The first-order valence-electron chi connectivity index (χ1n) is 13.2. The molecule has 13 heteroatoms. The van der Waals surface area contributed by atoms with Crippen molar-refractivity contribution in [3.63, 3.8) is 0 Å². The zero-order valence-electron chi connectivity index (χ0n) is 22.0. The topological polar surface area (TPSA) is 114 Å². The van der Waals surface area contributed by atoms with E-state index in [1.165, 1.54) is 12.1 Å². The number of hydrogen-bond donors (Lipinski definition) is 1. The van der Waals surface area contributed by atoms with Gasteiger partial charge in [-0.25, -0.2) is 27.9 Å². The molecule has 0 bridgehead atoms. The Kier molecular flexibility index (Phi) is 7.49. The molecule has 2 aliphatic heterocycles. The fraction of sp³-hybridized carbons (Fsp3) is 0.310. The molecule has 1 N–H and O–H groups in total. The second-order valence-electron chi connectivity index (χ2n) is 10.2. The number of carbonyl (C=O) groups is 1. The molecule has 1 fully saturated rings. The van der Waals surface area contributed by atoms with Gasteiger partial charge in [0.15, 0.2) is 5.82 Å². The number of aromatic nitrogens is 3. The predicted octanol–water partition coefficient (Wildman–Crippen LogP) is 5.00. The predicted molar refractivity (Wildman–Crippen MR) is 143 cm³/mol. The maximum atomic E-state index is 15.3. The number of halogens is 4. The highest BCUT2D eigenvalue weighted by atomic mass is 35.5. The van der Waals surface area contributed by atoms with Crippen molar-refractivity contribution < 1.29 is 32.5 Å². The number of fused-ring (bicyclic) bond motifs is 2. The minimum Gasteiger partial charge on any atom is -0.478 e. The number of rotatable bonds is 8. The minimum absolute atomic E-state index is 0.0121. The highest BCUT2D eigenvalue weighted by Crippen LogP contribution is 2.31. The minimum atomic E-state index is -1.36. The molecule has 0 aliphatic carbocycles. The largest absolute Gasteiger partial charge is 0.478 e. The van der Waals surface area contributed by atoms with Gasteiger partial charge in [-0.05, 0) is 48.7 Å². The standard InChI is InChI=1S/C29H23ClF3N5O4/c30-20-9-16-3-5-37(12-24(16)36-28(20)42-14-19-21(31)7-15(10-34)8-22(19)32)13-25-35-23-2-1-18(29(39)40)26(33)27(23)38(25)11-17-4-6-41-17/h1-2,7-9,17H,3-6,11-14H2,(H,39,40)/t17-/m0/s1. The fourth-order valence-electron chi connectivity index (χ4n) is 5.20. The van der Waals surface area contributed by atoms with Crippen LogP contribution in [0.3, 0.4) is 0 Å². The first kappa shape index (κ1) is 28.0. The third kappa shape index (κ3) is 5.27. The molecule has 0 saturated carbocycles. The van der Waals surface area contributed by atoms with Gasteiger partial charge in [-0.3, -0.25) is 4.90 Å². The second kappa shape index (κ2) is 11.2. The quantitative estimate of drug-likeness (QED) is 0.302. The first-order valence-corrected chi connectivity index (χ1v) is 13.5. The molecular formula is C29H23ClF3N5O4. The van der Waals surface area contributed by atoms with Gasteiger partial charge in [0.05, 0.1) is 53.2 Å². The molecule has 9 nitrogen and oxygen atoms in total. The number of carboxylic acids is 1. The lowest BCUT2D eigenvalue weighted by molar-refractivity contribution is -0.0592. The molecule has 0 radical (unpaired) electrons. The molecule has 0 unspecified atom stereocenters. The van der Waals surface area contributed by atoms with E-state index in [1.807, 2.05) is 0 Å². The highest BCUT2D eigenvalue weighted by molar-refractivity contribution is 6.31. The van der Waals surface area contributed by atoms with E-state index in [4.69, 9.17) is 26.3 Å². The maximum absolute atomic E-state index is 15.3. The molecule has 2 aliphatic rings. The van der Waals surface area contributed by atoms with Gasteiger partial charge < -0.3 is 19.1 Å². The van der Waals surface area contributed by atoms with Gasteiger partial charge >= 0.3 is 5.97 Å². The molecule has 4 heterocycles. The van der Waals surface area contributed by atoms with Crippen LogP contribution in [-0.4, -0.2) is 49.8 Å². The van der Waals surface area contributed by atoms with Crippen LogP contribution < -0.4 is 4.74 Å². The Morgan fingerprint density at radius 2 is 1.98 bits per heavy atom. The highest BCUT2D eigenvalue weighted by Gasteiger charge is 2.28. The molecule has 2 aromatic carbocycles. The molecule has 4 aromatic rings. The number of aromatic carboxylic acids is 1. The summed E-state index contributed by atoms with van der Waals surface area (Å²) in [5, 5.41) is 18.5. The summed E-state index contributed by atoms with van der Waals surface area (Å²) in [6.45, 7) is 1.79. The van der Waals surface area contributed by atoms with Crippen LogP contribution in [0.1, 0.15) is 45.0 Å².